The molecule has 0 radical (unpaired) electrons. The second-order valence-electron chi connectivity index (χ2n) is 3.38. The zero-order valence-corrected chi connectivity index (χ0v) is 8.98. The molecule has 13 heavy (non-hydrogen) atoms. The summed E-state index contributed by atoms with van der Waals surface area (Å²) in [6.45, 7) is 5.82. The zero-order chi connectivity index (χ0) is 9.84. The highest BCUT2D eigenvalue weighted by molar-refractivity contribution is 7.99. The van der Waals surface area contributed by atoms with Crippen molar-refractivity contribution in [1.82, 2.24) is 0 Å². The minimum absolute atomic E-state index is 0.0172. The second-order valence-corrected chi connectivity index (χ2v) is 4.40. The lowest BCUT2D eigenvalue weighted by Crippen LogP contribution is -1.89. The molecule has 0 N–H and O–H groups in total. The highest BCUT2D eigenvalue weighted by Crippen LogP contribution is 2.23. The molecular formula is C10H14O2S. The Balaban J connectivity index is 2.54. The molecule has 0 saturated carbocycles. The number of carbonyl (C=O) groups is 1. The number of furan rings is 1. The molecule has 3 heteroatoms. The summed E-state index contributed by atoms with van der Waals surface area (Å²) < 4.78 is 5.31. The van der Waals surface area contributed by atoms with Gasteiger partial charge in [-0.15, -0.1) is 0 Å². The van der Waals surface area contributed by atoms with Crippen LogP contribution in [0.5, 0.6) is 0 Å². The van der Waals surface area contributed by atoms with Gasteiger partial charge in [0.1, 0.15) is 0 Å². The summed E-state index contributed by atoms with van der Waals surface area (Å²) in [7, 11) is 0. The van der Waals surface area contributed by atoms with Crippen molar-refractivity contribution in [3.8, 4) is 0 Å². The molecule has 1 heterocycles. The first-order chi connectivity index (χ1) is 6.09. The number of carbonyl (C=O) groups excluding carboxylic acids is 1. The van der Waals surface area contributed by atoms with E-state index in [0.717, 1.165) is 10.8 Å². The average molecular weight is 198 g/mol. The molecule has 1 rings (SSSR count). The molecule has 0 spiro atoms. The number of ketones is 1. The van der Waals surface area contributed by atoms with Gasteiger partial charge in [-0.3, -0.25) is 4.79 Å². The Morgan fingerprint density at radius 1 is 1.54 bits per heavy atom. The summed E-state index contributed by atoms with van der Waals surface area (Å²) in [6.07, 6.45) is 0. The van der Waals surface area contributed by atoms with Crippen molar-refractivity contribution >= 4 is 17.5 Å². The smallest absolute Gasteiger partial charge is 0.194 e. The molecule has 0 bridgehead atoms. The van der Waals surface area contributed by atoms with E-state index >= 15 is 0 Å². The van der Waals surface area contributed by atoms with E-state index in [0.29, 0.717) is 11.7 Å². The molecule has 0 fully saturated rings. The van der Waals surface area contributed by atoms with Gasteiger partial charge in [0.25, 0.3) is 0 Å². The summed E-state index contributed by atoms with van der Waals surface area (Å²) in [5.74, 6) is 2.09. The van der Waals surface area contributed by atoms with Crippen molar-refractivity contribution in [3.05, 3.63) is 17.9 Å². The van der Waals surface area contributed by atoms with Crippen LogP contribution in [0.2, 0.25) is 0 Å². The third-order valence-corrected chi connectivity index (χ3v) is 2.82. The summed E-state index contributed by atoms with van der Waals surface area (Å²) in [4.78, 5) is 10.9. The van der Waals surface area contributed by atoms with Gasteiger partial charge >= 0.3 is 0 Å². The van der Waals surface area contributed by atoms with E-state index in [4.69, 9.17) is 4.42 Å². The van der Waals surface area contributed by atoms with E-state index in [1.807, 2.05) is 6.07 Å². The minimum atomic E-state index is -0.0172. The Morgan fingerprint density at radius 3 is 2.69 bits per heavy atom. The first kappa shape index (κ1) is 10.4. The maximum atomic E-state index is 10.9. The van der Waals surface area contributed by atoms with Gasteiger partial charge in [-0.05, 0) is 18.1 Å². The van der Waals surface area contributed by atoms with E-state index in [2.05, 4.69) is 13.8 Å². The fourth-order valence-electron chi connectivity index (χ4n) is 0.836. The predicted molar refractivity (Wildman–Crippen MR) is 54.3 cm³/mol. The molecule has 0 unspecified atom stereocenters. The molecule has 0 amide bonds. The number of thioether (sulfide) groups is 1. The molecule has 2 nitrogen and oxygen atoms in total. The molecule has 0 saturated heterocycles. The van der Waals surface area contributed by atoms with Crippen molar-refractivity contribution in [2.24, 2.45) is 5.92 Å². The van der Waals surface area contributed by atoms with Gasteiger partial charge in [-0.25, -0.2) is 0 Å². The van der Waals surface area contributed by atoms with Crippen LogP contribution in [0.1, 0.15) is 31.3 Å². The number of Topliss-reactive ketones (excluding diaryl/α,β-unsaturated/α-hetero) is 1. The van der Waals surface area contributed by atoms with E-state index < -0.39 is 0 Å². The maximum absolute atomic E-state index is 10.9. The highest BCUT2D eigenvalue weighted by atomic mass is 32.2. The summed E-state index contributed by atoms with van der Waals surface area (Å²) in [5.41, 5.74) is 0. The number of rotatable bonds is 4. The van der Waals surface area contributed by atoms with Crippen LogP contribution in [0, 0.1) is 5.92 Å². The molecule has 0 atom stereocenters. The SMILES string of the molecule is CC(=O)c1ccc(SCC(C)C)o1. The Bertz CT molecular complexity index is 289. The van der Waals surface area contributed by atoms with Crippen molar-refractivity contribution in [1.29, 1.82) is 0 Å². The summed E-state index contributed by atoms with van der Waals surface area (Å²) in [5, 5.41) is 0.832. The Kier molecular flexibility index (Phi) is 3.60. The number of hydrogen-bond acceptors (Lipinski definition) is 3. The number of hydrogen-bond donors (Lipinski definition) is 0. The monoisotopic (exact) mass is 198 g/mol. The maximum Gasteiger partial charge on any atom is 0.194 e. The first-order valence-electron chi connectivity index (χ1n) is 4.33. The largest absolute Gasteiger partial charge is 0.447 e. The quantitative estimate of drug-likeness (QED) is 0.549. The Hall–Kier alpha value is -0.700. The van der Waals surface area contributed by atoms with Crippen LogP contribution in [-0.2, 0) is 0 Å². The molecule has 1 aromatic rings. The molecule has 1 aromatic heterocycles. The van der Waals surface area contributed by atoms with Gasteiger partial charge in [-0.2, -0.15) is 0 Å². The van der Waals surface area contributed by atoms with Crippen LogP contribution in [0.3, 0.4) is 0 Å². The minimum Gasteiger partial charge on any atom is -0.447 e. The van der Waals surface area contributed by atoms with Crippen molar-refractivity contribution in [2.45, 2.75) is 25.9 Å². The first-order valence-corrected chi connectivity index (χ1v) is 5.31. The normalized spacial score (nSPS) is 10.8. The molecule has 72 valence electrons. The standard InChI is InChI=1S/C10H14O2S/c1-7(2)6-13-10-5-4-9(12-10)8(3)11/h4-5,7H,6H2,1-3H3. The van der Waals surface area contributed by atoms with Gasteiger partial charge in [0.2, 0.25) is 0 Å². The third kappa shape index (κ3) is 3.27. The van der Waals surface area contributed by atoms with E-state index in [1.54, 1.807) is 17.8 Å². The lowest BCUT2D eigenvalue weighted by molar-refractivity contribution is 0.0982. The predicted octanol–water partition coefficient (Wildman–Crippen LogP) is 3.23. The third-order valence-electron chi connectivity index (χ3n) is 1.49. The van der Waals surface area contributed by atoms with E-state index in [9.17, 15) is 4.79 Å². The van der Waals surface area contributed by atoms with E-state index in [1.165, 1.54) is 6.92 Å². The van der Waals surface area contributed by atoms with Crippen molar-refractivity contribution in [3.63, 3.8) is 0 Å². The lowest BCUT2D eigenvalue weighted by Gasteiger charge is -2.00. The highest BCUT2D eigenvalue weighted by Gasteiger charge is 2.06. The fraction of sp³-hybridized carbons (Fsp3) is 0.500. The average Bonchev–Trinajstić information content (AvgIpc) is 2.48. The second kappa shape index (κ2) is 4.51. The van der Waals surface area contributed by atoms with Crippen LogP contribution >= 0.6 is 11.8 Å². The van der Waals surface area contributed by atoms with Gasteiger partial charge in [0.15, 0.2) is 16.6 Å². The molecule has 0 aromatic carbocycles. The summed E-state index contributed by atoms with van der Waals surface area (Å²) in [6, 6.07) is 3.58. The van der Waals surface area contributed by atoms with Gasteiger partial charge in [-0.1, -0.05) is 25.6 Å². The van der Waals surface area contributed by atoms with Crippen molar-refractivity contribution in [2.75, 3.05) is 5.75 Å². The Morgan fingerprint density at radius 2 is 2.23 bits per heavy atom. The van der Waals surface area contributed by atoms with Crippen LogP contribution in [-0.4, -0.2) is 11.5 Å². The van der Waals surface area contributed by atoms with Crippen LogP contribution in [0.4, 0.5) is 0 Å². The van der Waals surface area contributed by atoms with E-state index in [-0.39, 0.29) is 5.78 Å². The van der Waals surface area contributed by atoms with Crippen molar-refractivity contribution < 1.29 is 9.21 Å². The van der Waals surface area contributed by atoms with Gasteiger partial charge < -0.3 is 4.42 Å². The zero-order valence-electron chi connectivity index (χ0n) is 8.16. The molecule has 0 aliphatic heterocycles. The Labute approximate surface area is 82.7 Å². The summed E-state index contributed by atoms with van der Waals surface area (Å²) >= 11 is 1.65. The fourth-order valence-corrected chi connectivity index (χ4v) is 1.65. The molecule has 0 aliphatic carbocycles. The van der Waals surface area contributed by atoms with Crippen LogP contribution in [0.25, 0.3) is 0 Å². The van der Waals surface area contributed by atoms with Gasteiger partial charge in [0.05, 0.1) is 0 Å². The van der Waals surface area contributed by atoms with Gasteiger partial charge in [0, 0.05) is 12.7 Å². The molecular weight excluding hydrogens is 184 g/mol. The lowest BCUT2D eigenvalue weighted by atomic mass is 10.3. The molecule has 0 aliphatic rings. The van der Waals surface area contributed by atoms with Crippen LogP contribution < -0.4 is 0 Å². The topological polar surface area (TPSA) is 30.2 Å². The van der Waals surface area contributed by atoms with Crippen LogP contribution in [0.15, 0.2) is 21.6 Å².